The molecule has 1 fully saturated rings. The van der Waals surface area contributed by atoms with Gasteiger partial charge in [-0.2, -0.15) is 0 Å². The molecule has 0 spiro atoms. The van der Waals surface area contributed by atoms with E-state index in [9.17, 15) is 5.11 Å². The highest BCUT2D eigenvalue weighted by Gasteiger charge is 2.33. The van der Waals surface area contributed by atoms with Crippen LogP contribution in [-0.4, -0.2) is 21.7 Å². The van der Waals surface area contributed by atoms with E-state index in [0.717, 1.165) is 29.8 Å². The van der Waals surface area contributed by atoms with Crippen molar-refractivity contribution < 1.29 is 5.11 Å². The molecule has 2 aromatic rings. The smallest absolute Gasteiger partial charge is 0.0967 e. The number of hydrogen-bond acceptors (Lipinski definition) is 4. The summed E-state index contributed by atoms with van der Waals surface area (Å²) in [6.45, 7) is 0. The van der Waals surface area contributed by atoms with Crippen molar-refractivity contribution >= 4 is 21.6 Å². The summed E-state index contributed by atoms with van der Waals surface area (Å²) in [6, 6.07) is 8.25. The standard InChI is InChI=1S/C14H18N2OS/c15-10-4-3-7-14(17,8-10)9-13-16-11-5-1-2-6-12(11)18-13/h1-2,5-6,10,17H,3-4,7-9,15H2. The summed E-state index contributed by atoms with van der Waals surface area (Å²) in [5.74, 6) is 0. The first-order valence-electron chi connectivity index (χ1n) is 6.47. The third-order valence-corrected chi connectivity index (χ3v) is 4.71. The molecule has 3 nitrogen and oxygen atoms in total. The molecule has 2 unspecified atom stereocenters. The molecule has 1 saturated carbocycles. The largest absolute Gasteiger partial charge is 0.389 e. The number of nitrogens with two attached hydrogens (primary N) is 1. The Bertz CT molecular complexity index is 520. The highest BCUT2D eigenvalue weighted by Crippen LogP contribution is 2.33. The SMILES string of the molecule is NC1CCCC(O)(Cc2nc3ccccc3s2)C1. The molecular formula is C14H18N2OS. The fraction of sp³-hybridized carbons (Fsp3) is 0.500. The van der Waals surface area contributed by atoms with Gasteiger partial charge in [0, 0.05) is 12.5 Å². The van der Waals surface area contributed by atoms with Gasteiger partial charge in [-0.3, -0.25) is 0 Å². The average molecular weight is 262 g/mol. The third-order valence-electron chi connectivity index (χ3n) is 3.68. The molecule has 0 amide bonds. The van der Waals surface area contributed by atoms with Crippen LogP contribution in [0, 0.1) is 0 Å². The fourth-order valence-corrected chi connectivity index (χ4v) is 3.93. The van der Waals surface area contributed by atoms with Gasteiger partial charge < -0.3 is 10.8 Å². The Morgan fingerprint density at radius 1 is 1.44 bits per heavy atom. The number of nitrogens with zero attached hydrogens (tertiary/aromatic N) is 1. The number of aromatic nitrogens is 1. The Labute approximate surface area is 111 Å². The molecule has 1 heterocycles. The van der Waals surface area contributed by atoms with Crippen molar-refractivity contribution in [2.75, 3.05) is 0 Å². The van der Waals surface area contributed by atoms with Crippen LogP contribution < -0.4 is 5.73 Å². The summed E-state index contributed by atoms with van der Waals surface area (Å²) in [5.41, 5.74) is 6.34. The number of aliphatic hydroxyl groups is 1. The van der Waals surface area contributed by atoms with E-state index in [1.807, 2.05) is 18.2 Å². The van der Waals surface area contributed by atoms with Gasteiger partial charge in [-0.1, -0.05) is 12.1 Å². The van der Waals surface area contributed by atoms with Crippen LogP contribution in [-0.2, 0) is 6.42 Å². The zero-order valence-electron chi connectivity index (χ0n) is 10.3. The molecule has 96 valence electrons. The molecule has 1 aliphatic rings. The minimum absolute atomic E-state index is 0.137. The summed E-state index contributed by atoms with van der Waals surface area (Å²) < 4.78 is 1.19. The summed E-state index contributed by atoms with van der Waals surface area (Å²) in [6.07, 6.45) is 4.23. The van der Waals surface area contributed by atoms with E-state index in [1.165, 1.54) is 4.70 Å². The minimum Gasteiger partial charge on any atom is -0.389 e. The second-order valence-corrected chi connectivity index (χ2v) is 6.45. The predicted octanol–water partition coefficient (Wildman–Crippen LogP) is 2.47. The van der Waals surface area contributed by atoms with Crippen LogP contribution in [0.2, 0.25) is 0 Å². The zero-order valence-corrected chi connectivity index (χ0v) is 11.1. The van der Waals surface area contributed by atoms with Gasteiger partial charge in [0.2, 0.25) is 0 Å². The Hall–Kier alpha value is -0.970. The molecule has 18 heavy (non-hydrogen) atoms. The summed E-state index contributed by atoms with van der Waals surface area (Å²) in [7, 11) is 0. The van der Waals surface area contributed by atoms with Gasteiger partial charge in [0.1, 0.15) is 0 Å². The van der Waals surface area contributed by atoms with Crippen LogP contribution in [0.5, 0.6) is 0 Å². The van der Waals surface area contributed by atoms with Crippen molar-refractivity contribution in [1.82, 2.24) is 4.98 Å². The highest BCUT2D eigenvalue weighted by molar-refractivity contribution is 7.18. The normalized spacial score (nSPS) is 28.7. The van der Waals surface area contributed by atoms with Gasteiger partial charge in [0.05, 0.1) is 20.8 Å². The van der Waals surface area contributed by atoms with E-state index < -0.39 is 5.60 Å². The molecule has 0 bridgehead atoms. The van der Waals surface area contributed by atoms with Crippen molar-refractivity contribution in [3.05, 3.63) is 29.3 Å². The van der Waals surface area contributed by atoms with Gasteiger partial charge in [0.15, 0.2) is 0 Å². The highest BCUT2D eigenvalue weighted by atomic mass is 32.1. The molecule has 0 saturated heterocycles. The number of para-hydroxylation sites is 1. The van der Waals surface area contributed by atoms with Crippen molar-refractivity contribution in [3.8, 4) is 0 Å². The molecule has 0 aliphatic heterocycles. The molecule has 2 atom stereocenters. The van der Waals surface area contributed by atoms with Crippen LogP contribution in [0.4, 0.5) is 0 Å². The molecule has 3 N–H and O–H groups in total. The van der Waals surface area contributed by atoms with E-state index >= 15 is 0 Å². The van der Waals surface area contributed by atoms with Crippen molar-refractivity contribution in [2.24, 2.45) is 5.73 Å². The molecule has 1 aromatic heterocycles. The van der Waals surface area contributed by atoms with Crippen molar-refractivity contribution in [3.63, 3.8) is 0 Å². The average Bonchev–Trinajstić information content (AvgIpc) is 2.69. The maximum atomic E-state index is 10.6. The van der Waals surface area contributed by atoms with E-state index in [4.69, 9.17) is 5.73 Å². The predicted molar refractivity (Wildman–Crippen MR) is 74.7 cm³/mol. The van der Waals surface area contributed by atoms with Crippen LogP contribution in [0.25, 0.3) is 10.2 Å². The fourth-order valence-electron chi connectivity index (χ4n) is 2.82. The van der Waals surface area contributed by atoms with Crippen LogP contribution in [0.1, 0.15) is 30.7 Å². The maximum Gasteiger partial charge on any atom is 0.0967 e. The molecule has 4 heteroatoms. The lowest BCUT2D eigenvalue weighted by molar-refractivity contribution is -0.00189. The lowest BCUT2D eigenvalue weighted by atomic mass is 9.80. The Morgan fingerprint density at radius 2 is 2.28 bits per heavy atom. The third kappa shape index (κ3) is 2.41. The van der Waals surface area contributed by atoms with Gasteiger partial charge in [-0.25, -0.2) is 4.98 Å². The van der Waals surface area contributed by atoms with Crippen LogP contribution in [0.3, 0.4) is 0 Å². The van der Waals surface area contributed by atoms with E-state index in [0.29, 0.717) is 12.8 Å². The zero-order chi connectivity index (χ0) is 12.6. The number of hydrogen-bond donors (Lipinski definition) is 2. The summed E-state index contributed by atoms with van der Waals surface area (Å²) in [4.78, 5) is 4.59. The first-order chi connectivity index (χ1) is 8.65. The lowest BCUT2D eigenvalue weighted by Crippen LogP contribution is -2.42. The topological polar surface area (TPSA) is 59.1 Å². The van der Waals surface area contributed by atoms with Crippen molar-refractivity contribution in [1.29, 1.82) is 0 Å². The van der Waals surface area contributed by atoms with Crippen molar-refractivity contribution in [2.45, 2.75) is 43.7 Å². The number of fused-ring (bicyclic) bond motifs is 1. The number of rotatable bonds is 2. The van der Waals surface area contributed by atoms with E-state index in [1.54, 1.807) is 11.3 Å². The van der Waals surface area contributed by atoms with Gasteiger partial charge in [-0.15, -0.1) is 11.3 Å². The Kier molecular flexibility index (Phi) is 3.09. The summed E-state index contributed by atoms with van der Waals surface area (Å²) in [5, 5.41) is 11.6. The van der Waals surface area contributed by atoms with E-state index in [-0.39, 0.29) is 6.04 Å². The van der Waals surface area contributed by atoms with Crippen LogP contribution in [0.15, 0.2) is 24.3 Å². The minimum atomic E-state index is -0.647. The summed E-state index contributed by atoms with van der Waals surface area (Å²) >= 11 is 1.68. The van der Waals surface area contributed by atoms with E-state index in [2.05, 4.69) is 11.1 Å². The molecule has 0 radical (unpaired) electrons. The van der Waals surface area contributed by atoms with Gasteiger partial charge in [0.25, 0.3) is 0 Å². The molecular weight excluding hydrogens is 244 g/mol. The van der Waals surface area contributed by atoms with Gasteiger partial charge in [-0.05, 0) is 37.8 Å². The number of benzene rings is 1. The Morgan fingerprint density at radius 3 is 3.06 bits per heavy atom. The van der Waals surface area contributed by atoms with Gasteiger partial charge >= 0.3 is 0 Å². The quantitative estimate of drug-likeness (QED) is 0.874. The first kappa shape index (κ1) is 12.1. The maximum absolute atomic E-state index is 10.6. The first-order valence-corrected chi connectivity index (χ1v) is 7.29. The monoisotopic (exact) mass is 262 g/mol. The molecule has 3 rings (SSSR count). The molecule has 1 aliphatic carbocycles. The molecule has 1 aromatic carbocycles. The second kappa shape index (κ2) is 4.61. The second-order valence-electron chi connectivity index (χ2n) is 5.33. The number of thiazole rings is 1. The lowest BCUT2D eigenvalue weighted by Gasteiger charge is -2.34. The van der Waals surface area contributed by atoms with Crippen LogP contribution >= 0.6 is 11.3 Å². The Balaban J connectivity index is 1.82.